The van der Waals surface area contributed by atoms with Crippen molar-refractivity contribution in [2.45, 2.75) is 19.8 Å². The molecule has 4 heteroatoms. The van der Waals surface area contributed by atoms with E-state index in [4.69, 9.17) is 5.90 Å². The zero-order valence-electron chi connectivity index (χ0n) is 8.09. The molecule has 0 spiro atoms. The second-order valence-electron chi connectivity index (χ2n) is 3.05. The van der Waals surface area contributed by atoms with E-state index in [1.54, 1.807) is 0 Å². The molecule has 0 saturated carbocycles. The van der Waals surface area contributed by atoms with Crippen LogP contribution in [0.5, 0.6) is 5.75 Å². The van der Waals surface area contributed by atoms with Gasteiger partial charge in [0.15, 0.2) is 0 Å². The highest BCUT2D eigenvalue weighted by Gasteiger charge is 2.07. The van der Waals surface area contributed by atoms with Crippen molar-refractivity contribution in [1.29, 1.82) is 0 Å². The van der Waals surface area contributed by atoms with Crippen LogP contribution in [-0.2, 0) is 17.7 Å². The van der Waals surface area contributed by atoms with Gasteiger partial charge in [0.2, 0.25) is 0 Å². The summed E-state index contributed by atoms with van der Waals surface area (Å²) in [5.41, 5.74) is 1.80. The molecule has 1 rings (SSSR count). The van der Waals surface area contributed by atoms with Gasteiger partial charge in [0.1, 0.15) is 5.75 Å². The number of hydrogen-bond donors (Lipinski definition) is 2. The summed E-state index contributed by atoms with van der Waals surface area (Å²) in [5.74, 6) is 5.30. The molecule has 0 fully saturated rings. The Morgan fingerprint density at radius 3 is 2.64 bits per heavy atom. The lowest BCUT2D eigenvalue weighted by Gasteiger charge is -2.09. The van der Waals surface area contributed by atoms with E-state index < -0.39 is 0 Å². The van der Waals surface area contributed by atoms with Gasteiger partial charge in [-0.2, -0.15) is 0 Å². The van der Waals surface area contributed by atoms with Gasteiger partial charge >= 0.3 is 0 Å². The molecule has 1 aromatic rings. The predicted molar refractivity (Wildman–Crippen MR) is 59.0 cm³/mol. The molecule has 78 valence electrons. The lowest BCUT2D eigenvalue weighted by atomic mass is 10.0. The van der Waals surface area contributed by atoms with Crippen LogP contribution in [0.1, 0.15) is 18.1 Å². The van der Waals surface area contributed by atoms with E-state index in [1.807, 2.05) is 19.1 Å². The summed E-state index contributed by atoms with van der Waals surface area (Å²) in [6.07, 6.45) is 1.43. The van der Waals surface area contributed by atoms with Crippen molar-refractivity contribution in [3.05, 3.63) is 27.7 Å². The second-order valence-corrected chi connectivity index (χ2v) is 3.96. The number of rotatable bonds is 4. The standard InChI is InChI=1S/C10H14BrNO2/c1-2-7-5-9(11)6-8(10(7)13)3-4-14-12/h5-6,13H,2-4,12H2,1H3. The molecular formula is C10H14BrNO2. The van der Waals surface area contributed by atoms with Crippen LogP contribution in [0.15, 0.2) is 16.6 Å². The summed E-state index contributed by atoms with van der Waals surface area (Å²) in [6.45, 7) is 2.41. The molecular weight excluding hydrogens is 246 g/mol. The Morgan fingerprint density at radius 2 is 2.07 bits per heavy atom. The van der Waals surface area contributed by atoms with Crippen molar-refractivity contribution < 1.29 is 9.94 Å². The maximum atomic E-state index is 9.82. The van der Waals surface area contributed by atoms with Crippen LogP contribution >= 0.6 is 15.9 Å². The van der Waals surface area contributed by atoms with Crippen LogP contribution in [0.25, 0.3) is 0 Å². The van der Waals surface area contributed by atoms with Crippen LogP contribution < -0.4 is 5.90 Å². The number of phenols is 1. The van der Waals surface area contributed by atoms with Crippen LogP contribution in [-0.4, -0.2) is 11.7 Å². The average Bonchev–Trinajstić information content (AvgIpc) is 2.18. The molecule has 0 aliphatic heterocycles. The third-order valence-electron chi connectivity index (χ3n) is 2.10. The van der Waals surface area contributed by atoms with Crippen LogP contribution in [0.4, 0.5) is 0 Å². The zero-order chi connectivity index (χ0) is 10.6. The smallest absolute Gasteiger partial charge is 0.122 e. The minimum atomic E-state index is 0.354. The van der Waals surface area contributed by atoms with Gasteiger partial charge in [-0.1, -0.05) is 22.9 Å². The second kappa shape index (κ2) is 5.34. The molecule has 0 bridgehead atoms. The molecule has 0 aliphatic rings. The summed E-state index contributed by atoms with van der Waals surface area (Å²) in [6, 6.07) is 3.80. The highest BCUT2D eigenvalue weighted by atomic mass is 79.9. The van der Waals surface area contributed by atoms with E-state index in [1.165, 1.54) is 0 Å². The number of halogens is 1. The fourth-order valence-corrected chi connectivity index (χ4v) is 1.90. The van der Waals surface area contributed by atoms with Gasteiger partial charge in [-0.05, 0) is 29.7 Å². The third kappa shape index (κ3) is 2.70. The van der Waals surface area contributed by atoms with Crippen LogP contribution in [0.3, 0.4) is 0 Å². The number of benzene rings is 1. The fraction of sp³-hybridized carbons (Fsp3) is 0.400. The third-order valence-corrected chi connectivity index (χ3v) is 2.56. The molecule has 0 heterocycles. The molecule has 1 aromatic carbocycles. The number of aromatic hydroxyl groups is 1. The van der Waals surface area contributed by atoms with E-state index in [-0.39, 0.29) is 0 Å². The molecule has 3 N–H and O–H groups in total. The Bertz CT molecular complexity index is 315. The Labute approximate surface area is 92.0 Å². The summed E-state index contributed by atoms with van der Waals surface area (Å²) in [7, 11) is 0. The van der Waals surface area contributed by atoms with Gasteiger partial charge in [-0.3, -0.25) is 0 Å². The Morgan fingerprint density at radius 1 is 1.43 bits per heavy atom. The summed E-state index contributed by atoms with van der Waals surface area (Å²) in [4.78, 5) is 4.49. The molecule has 3 nitrogen and oxygen atoms in total. The van der Waals surface area contributed by atoms with Crippen molar-refractivity contribution in [2.24, 2.45) is 5.90 Å². The Hall–Kier alpha value is -0.580. The lowest BCUT2D eigenvalue weighted by molar-refractivity contribution is 0.140. The van der Waals surface area contributed by atoms with Crippen molar-refractivity contribution in [2.75, 3.05) is 6.61 Å². The molecule has 0 unspecified atom stereocenters. The highest BCUT2D eigenvalue weighted by Crippen LogP contribution is 2.28. The maximum absolute atomic E-state index is 9.82. The quantitative estimate of drug-likeness (QED) is 0.815. The van der Waals surface area contributed by atoms with Crippen molar-refractivity contribution >= 4 is 15.9 Å². The van der Waals surface area contributed by atoms with E-state index in [2.05, 4.69) is 20.8 Å². The number of aryl methyl sites for hydroxylation is 1. The first kappa shape index (κ1) is 11.5. The van der Waals surface area contributed by atoms with Crippen molar-refractivity contribution in [1.82, 2.24) is 0 Å². The number of phenolic OH excluding ortho intramolecular Hbond substituents is 1. The molecule has 0 aromatic heterocycles. The summed E-state index contributed by atoms with van der Waals surface area (Å²) in [5, 5.41) is 9.82. The topological polar surface area (TPSA) is 55.5 Å². The first-order chi connectivity index (χ1) is 6.69. The van der Waals surface area contributed by atoms with Crippen molar-refractivity contribution in [3.8, 4) is 5.75 Å². The minimum absolute atomic E-state index is 0.354. The molecule has 0 amide bonds. The molecule has 14 heavy (non-hydrogen) atoms. The van der Waals surface area contributed by atoms with Crippen LogP contribution in [0, 0.1) is 0 Å². The minimum Gasteiger partial charge on any atom is -0.507 e. The van der Waals surface area contributed by atoms with Gasteiger partial charge in [0, 0.05) is 10.9 Å². The monoisotopic (exact) mass is 259 g/mol. The maximum Gasteiger partial charge on any atom is 0.122 e. The molecule has 0 aliphatic carbocycles. The van der Waals surface area contributed by atoms with Crippen LogP contribution in [0.2, 0.25) is 0 Å². The molecule has 0 radical (unpaired) electrons. The first-order valence-corrected chi connectivity index (χ1v) is 5.30. The highest BCUT2D eigenvalue weighted by molar-refractivity contribution is 9.10. The summed E-state index contributed by atoms with van der Waals surface area (Å²) >= 11 is 3.40. The van der Waals surface area contributed by atoms with Gasteiger partial charge in [-0.15, -0.1) is 0 Å². The van der Waals surface area contributed by atoms with E-state index in [9.17, 15) is 5.11 Å². The molecule has 0 saturated heterocycles. The SMILES string of the molecule is CCc1cc(Br)cc(CCON)c1O. The number of nitrogens with two attached hydrogens (primary N) is 1. The van der Waals surface area contributed by atoms with Gasteiger partial charge < -0.3 is 9.94 Å². The number of hydrogen-bond acceptors (Lipinski definition) is 3. The fourth-order valence-electron chi connectivity index (χ4n) is 1.35. The summed E-state index contributed by atoms with van der Waals surface area (Å²) < 4.78 is 0.971. The van der Waals surface area contributed by atoms with E-state index in [0.29, 0.717) is 18.8 Å². The van der Waals surface area contributed by atoms with Gasteiger partial charge in [-0.25, -0.2) is 5.90 Å². The Balaban J connectivity index is 2.96. The first-order valence-electron chi connectivity index (χ1n) is 4.51. The van der Waals surface area contributed by atoms with E-state index in [0.717, 1.165) is 22.0 Å². The lowest BCUT2D eigenvalue weighted by Crippen LogP contribution is -2.04. The zero-order valence-corrected chi connectivity index (χ0v) is 9.67. The predicted octanol–water partition coefficient (Wildman–Crippen LogP) is 2.15. The largest absolute Gasteiger partial charge is 0.507 e. The normalized spacial score (nSPS) is 10.5. The van der Waals surface area contributed by atoms with Crippen molar-refractivity contribution in [3.63, 3.8) is 0 Å². The Kier molecular flexibility index (Phi) is 4.38. The molecule has 0 atom stereocenters. The van der Waals surface area contributed by atoms with Gasteiger partial charge in [0.05, 0.1) is 6.61 Å². The van der Waals surface area contributed by atoms with Gasteiger partial charge in [0.25, 0.3) is 0 Å². The van der Waals surface area contributed by atoms with E-state index >= 15 is 0 Å². The average molecular weight is 260 g/mol.